The minimum absolute atomic E-state index is 0. The number of methoxy groups -OCH3 is 1. The van der Waals surface area contributed by atoms with Crippen molar-refractivity contribution < 1.29 is 45.3 Å². The maximum absolute atomic E-state index is 10.9. The van der Waals surface area contributed by atoms with Crippen molar-refractivity contribution in [3.05, 3.63) is 35.4 Å². The molecular formula is C10H11NaO3. The number of rotatable bonds is 3. The van der Waals surface area contributed by atoms with Crippen LogP contribution in [0.5, 0.6) is 0 Å². The Morgan fingerprint density at radius 2 is 2.14 bits per heavy atom. The van der Waals surface area contributed by atoms with Crippen molar-refractivity contribution in [3.63, 3.8) is 0 Å². The van der Waals surface area contributed by atoms with E-state index in [2.05, 4.69) is 4.74 Å². The summed E-state index contributed by atoms with van der Waals surface area (Å²) in [7, 11) is 1.33. The van der Waals surface area contributed by atoms with Gasteiger partial charge in [0.15, 0.2) is 0 Å². The predicted octanol–water partition coefficient (Wildman–Crippen LogP) is -1.67. The summed E-state index contributed by atoms with van der Waals surface area (Å²) >= 11 is 0. The van der Waals surface area contributed by atoms with Crippen LogP contribution in [0.4, 0.5) is 0 Å². The first kappa shape index (κ1) is 13.4. The number of esters is 1. The van der Waals surface area contributed by atoms with Crippen molar-refractivity contribution in [1.82, 2.24) is 0 Å². The summed E-state index contributed by atoms with van der Waals surface area (Å²) in [6.07, 6.45) is 0.879. The van der Waals surface area contributed by atoms with Crippen LogP contribution in [-0.4, -0.2) is 19.4 Å². The first-order valence-corrected chi connectivity index (χ1v) is 3.88. The van der Waals surface area contributed by atoms with Gasteiger partial charge < -0.3 is 6.16 Å². The van der Waals surface area contributed by atoms with Crippen molar-refractivity contribution in [2.45, 2.75) is 6.42 Å². The summed E-state index contributed by atoms with van der Waals surface area (Å²) in [5.41, 5.74) is 1.23. The Morgan fingerprint density at radius 1 is 1.50 bits per heavy atom. The van der Waals surface area contributed by atoms with Gasteiger partial charge in [0.05, 0.1) is 13.5 Å². The molecule has 1 aromatic carbocycles. The van der Waals surface area contributed by atoms with Crippen molar-refractivity contribution >= 4 is 12.3 Å². The average molecular weight is 202 g/mol. The second-order valence-electron chi connectivity index (χ2n) is 2.57. The topological polar surface area (TPSA) is 43.4 Å². The zero-order valence-corrected chi connectivity index (χ0v) is 10.3. The van der Waals surface area contributed by atoms with Crippen molar-refractivity contribution in [3.8, 4) is 0 Å². The van der Waals surface area contributed by atoms with Gasteiger partial charge in [-0.1, -0.05) is 24.3 Å². The van der Waals surface area contributed by atoms with Gasteiger partial charge in [-0.05, 0) is 5.56 Å². The molecular weight excluding hydrogens is 191 g/mol. The molecule has 0 aromatic heterocycles. The van der Waals surface area contributed by atoms with E-state index in [0.29, 0.717) is 11.1 Å². The van der Waals surface area contributed by atoms with E-state index < -0.39 is 0 Å². The Morgan fingerprint density at radius 3 is 2.71 bits per heavy atom. The minimum Gasteiger partial charge on any atom is -1.00 e. The normalized spacial score (nSPS) is 8.64. The fourth-order valence-electron chi connectivity index (χ4n) is 1.04. The maximum atomic E-state index is 10.9. The Kier molecular flexibility index (Phi) is 6.45. The third kappa shape index (κ3) is 3.62. The van der Waals surface area contributed by atoms with Gasteiger partial charge in [-0.3, -0.25) is 9.59 Å². The molecule has 0 atom stereocenters. The van der Waals surface area contributed by atoms with Gasteiger partial charge in [0.2, 0.25) is 0 Å². The molecule has 14 heavy (non-hydrogen) atoms. The van der Waals surface area contributed by atoms with Gasteiger partial charge in [0.1, 0.15) is 6.29 Å². The summed E-state index contributed by atoms with van der Waals surface area (Å²) in [5.74, 6) is -0.339. The number of benzene rings is 1. The van der Waals surface area contributed by atoms with E-state index in [0.717, 1.165) is 6.29 Å². The van der Waals surface area contributed by atoms with E-state index in [1.54, 1.807) is 24.3 Å². The average Bonchev–Trinajstić information content (AvgIpc) is 2.18. The number of hydrogen-bond donors (Lipinski definition) is 0. The first-order chi connectivity index (χ1) is 6.27. The predicted molar refractivity (Wildman–Crippen MR) is 48.7 cm³/mol. The number of hydrogen-bond acceptors (Lipinski definition) is 3. The van der Waals surface area contributed by atoms with Crippen LogP contribution in [0.1, 0.15) is 17.3 Å². The molecule has 0 fully saturated rings. The van der Waals surface area contributed by atoms with Crippen LogP contribution in [0.3, 0.4) is 0 Å². The smallest absolute Gasteiger partial charge is 1.00 e. The van der Waals surface area contributed by atoms with Gasteiger partial charge in [0.25, 0.3) is 0 Å². The van der Waals surface area contributed by atoms with E-state index in [4.69, 9.17) is 0 Å². The molecule has 0 amide bonds. The summed E-state index contributed by atoms with van der Waals surface area (Å²) in [6, 6.07) is 6.95. The maximum Gasteiger partial charge on any atom is 1.00 e. The zero-order valence-electron chi connectivity index (χ0n) is 9.32. The van der Waals surface area contributed by atoms with Gasteiger partial charge in [0, 0.05) is 5.56 Å². The quantitative estimate of drug-likeness (QED) is 0.334. The van der Waals surface area contributed by atoms with Gasteiger partial charge in [-0.2, -0.15) is 0 Å². The number of carbonyl (C=O) groups is 2. The molecule has 70 valence electrons. The van der Waals surface area contributed by atoms with Crippen molar-refractivity contribution in [1.29, 1.82) is 0 Å². The molecule has 3 nitrogen and oxygen atoms in total. The van der Waals surface area contributed by atoms with Crippen LogP contribution in [0.15, 0.2) is 24.3 Å². The minimum atomic E-state index is -0.339. The number of carbonyl (C=O) groups excluding carboxylic acids is 2. The van der Waals surface area contributed by atoms with Gasteiger partial charge in [-0.15, -0.1) is 0 Å². The van der Waals surface area contributed by atoms with Crippen LogP contribution >= 0.6 is 0 Å². The van der Waals surface area contributed by atoms with Crippen LogP contribution < -0.4 is 29.6 Å². The molecule has 0 bridgehead atoms. The number of ether oxygens (including phenoxy) is 1. The fourth-order valence-corrected chi connectivity index (χ4v) is 1.04. The fraction of sp³-hybridized carbons (Fsp3) is 0.200. The SMILES string of the molecule is COC(=O)Cc1ccccc1C=O.[H-].[Na+]. The van der Waals surface area contributed by atoms with E-state index in [1.165, 1.54) is 7.11 Å². The molecule has 0 radical (unpaired) electrons. The molecule has 0 aliphatic heterocycles. The van der Waals surface area contributed by atoms with E-state index in [1.807, 2.05) is 0 Å². The summed E-state index contributed by atoms with van der Waals surface area (Å²) in [5, 5.41) is 0. The molecule has 1 rings (SSSR count). The molecule has 0 saturated carbocycles. The third-order valence-corrected chi connectivity index (χ3v) is 1.74. The van der Waals surface area contributed by atoms with Crippen molar-refractivity contribution in [2.75, 3.05) is 7.11 Å². The molecule has 0 aliphatic rings. The Labute approximate surface area is 106 Å². The molecule has 1 aromatic rings. The van der Waals surface area contributed by atoms with Gasteiger partial charge >= 0.3 is 35.5 Å². The van der Waals surface area contributed by atoms with E-state index in [9.17, 15) is 9.59 Å². The Bertz CT molecular complexity index is 328. The standard InChI is InChI=1S/C10H10O3.Na.H/c1-13-10(12)6-8-4-2-3-5-9(8)7-11;;/h2-5,7H,6H2,1H3;;/q;+1;-1. The van der Waals surface area contributed by atoms with E-state index >= 15 is 0 Å². The molecule has 0 saturated heterocycles. The third-order valence-electron chi connectivity index (χ3n) is 1.74. The summed E-state index contributed by atoms with van der Waals surface area (Å²) in [6.45, 7) is 0. The largest absolute Gasteiger partial charge is 1.00 e. The second kappa shape index (κ2) is 6.76. The number of aldehydes is 1. The molecule has 4 heteroatoms. The van der Waals surface area contributed by atoms with Crippen LogP contribution in [0.2, 0.25) is 0 Å². The van der Waals surface area contributed by atoms with E-state index in [-0.39, 0.29) is 43.4 Å². The summed E-state index contributed by atoms with van der Waals surface area (Å²) < 4.78 is 4.50. The van der Waals surface area contributed by atoms with Crippen LogP contribution in [-0.2, 0) is 16.0 Å². The Hall–Kier alpha value is -0.640. The van der Waals surface area contributed by atoms with Crippen molar-refractivity contribution in [2.24, 2.45) is 0 Å². The van der Waals surface area contributed by atoms with Crippen LogP contribution in [0.25, 0.3) is 0 Å². The zero-order chi connectivity index (χ0) is 9.68. The molecule has 0 aliphatic carbocycles. The van der Waals surface area contributed by atoms with Gasteiger partial charge in [-0.25, -0.2) is 0 Å². The second-order valence-corrected chi connectivity index (χ2v) is 2.57. The Balaban J connectivity index is 0. The molecule has 0 unspecified atom stereocenters. The molecule has 0 spiro atoms. The monoisotopic (exact) mass is 202 g/mol. The molecule has 0 N–H and O–H groups in total. The summed E-state index contributed by atoms with van der Waals surface area (Å²) in [4.78, 5) is 21.5. The first-order valence-electron chi connectivity index (χ1n) is 3.88. The molecule has 0 heterocycles. The van der Waals surface area contributed by atoms with Crippen LogP contribution in [0, 0.1) is 0 Å².